The molecule has 250 valence electrons. The van der Waals surface area contributed by atoms with Crippen molar-refractivity contribution in [2.75, 3.05) is 4.90 Å². The highest BCUT2D eigenvalue weighted by molar-refractivity contribution is 5.96. The lowest BCUT2D eigenvalue weighted by Crippen LogP contribution is -2.25. The summed E-state index contributed by atoms with van der Waals surface area (Å²) in [7, 11) is 0. The number of fused-ring (bicyclic) bond motifs is 13. The van der Waals surface area contributed by atoms with Gasteiger partial charge in [0.05, 0.1) is 5.41 Å². The number of para-hydroxylation sites is 1. The van der Waals surface area contributed by atoms with Gasteiger partial charge in [0.2, 0.25) is 0 Å². The average Bonchev–Trinajstić information content (AvgIpc) is 3.77. The molecule has 0 radical (unpaired) electrons. The van der Waals surface area contributed by atoms with E-state index in [4.69, 9.17) is 0 Å². The van der Waals surface area contributed by atoms with Crippen LogP contribution in [0.15, 0.2) is 188 Å². The van der Waals surface area contributed by atoms with Crippen LogP contribution in [-0.4, -0.2) is 0 Å². The third kappa shape index (κ3) is 4.08. The second-order valence-corrected chi connectivity index (χ2v) is 15.3. The van der Waals surface area contributed by atoms with Gasteiger partial charge in [0.15, 0.2) is 0 Å². The molecule has 0 aromatic heterocycles. The SMILES string of the molecule is CC1(C)c2ccccc2-c2ccc(N(c3ccccc3)c3cccc(-c4ccc5c(c4)-c4ccccc4C54c5ccccc5-c5ccccc54)c3)cc21. The van der Waals surface area contributed by atoms with Gasteiger partial charge in [-0.3, -0.25) is 0 Å². The fourth-order valence-electron chi connectivity index (χ4n) is 9.96. The Labute approximate surface area is 311 Å². The maximum atomic E-state index is 2.44. The Hall–Kier alpha value is -6.44. The number of nitrogens with zero attached hydrogens (tertiary/aromatic N) is 1. The molecule has 3 aliphatic carbocycles. The van der Waals surface area contributed by atoms with E-state index in [1.165, 1.54) is 77.9 Å². The lowest BCUT2D eigenvalue weighted by atomic mass is 9.70. The van der Waals surface area contributed by atoms with Crippen LogP contribution in [0.5, 0.6) is 0 Å². The molecule has 1 heteroatoms. The lowest BCUT2D eigenvalue weighted by molar-refractivity contribution is 0.660. The van der Waals surface area contributed by atoms with Crippen LogP contribution in [0.1, 0.15) is 47.2 Å². The highest BCUT2D eigenvalue weighted by Gasteiger charge is 2.51. The van der Waals surface area contributed by atoms with Gasteiger partial charge in [-0.25, -0.2) is 0 Å². The standard InChI is InChI=1S/C52H37N/c1-51(2)45-23-10-6-19-39(45)43-29-28-38(33-50(43)51)53(36-16-4-3-5-17-36)37-18-14-15-34(31-37)35-27-30-49-44(32-35)42-22-9-13-26-48(42)52(49)46-24-11-7-20-40(46)41-21-8-12-25-47(41)52/h3-33H,1-2H3. The predicted octanol–water partition coefficient (Wildman–Crippen LogP) is 13.5. The molecule has 0 saturated heterocycles. The zero-order valence-electron chi connectivity index (χ0n) is 29.8. The van der Waals surface area contributed by atoms with E-state index in [1.807, 2.05) is 0 Å². The molecule has 0 amide bonds. The summed E-state index contributed by atoms with van der Waals surface area (Å²) in [6.07, 6.45) is 0. The minimum absolute atomic E-state index is 0.0788. The molecule has 0 bridgehead atoms. The fourth-order valence-corrected chi connectivity index (χ4v) is 9.96. The monoisotopic (exact) mass is 675 g/mol. The van der Waals surface area contributed by atoms with Crippen molar-refractivity contribution in [2.45, 2.75) is 24.7 Å². The first kappa shape index (κ1) is 30.2. The summed E-state index contributed by atoms with van der Waals surface area (Å²) in [6.45, 7) is 4.71. The number of benzene rings is 8. The maximum Gasteiger partial charge on any atom is 0.0725 e. The Morgan fingerprint density at radius 2 is 0.774 bits per heavy atom. The Kier molecular flexibility index (Phi) is 6.29. The molecule has 8 aromatic rings. The third-order valence-electron chi connectivity index (χ3n) is 12.3. The second-order valence-electron chi connectivity index (χ2n) is 15.3. The van der Waals surface area contributed by atoms with Crippen molar-refractivity contribution < 1.29 is 0 Å². The maximum absolute atomic E-state index is 2.44. The Morgan fingerprint density at radius 3 is 1.43 bits per heavy atom. The van der Waals surface area contributed by atoms with Crippen LogP contribution >= 0.6 is 0 Å². The van der Waals surface area contributed by atoms with Gasteiger partial charge < -0.3 is 4.90 Å². The quantitative estimate of drug-likeness (QED) is 0.179. The predicted molar refractivity (Wildman–Crippen MR) is 220 cm³/mol. The second kappa shape index (κ2) is 11.0. The van der Waals surface area contributed by atoms with Gasteiger partial charge in [0, 0.05) is 22.5 Å². The zero-order chi connectivity index (χ0) is 35.3. The molecular weight excluding hydrogens is 639 g/mol. The summed E-state index contributed by atoms with van der Waals surface area (Å²) >= 11 is 0. The van der Waals surface area contributed by atoms with Crippen molar-refractivity contribution in [1.82, 2.24) is 0 Å². The molecule has 1 spiro atoms. The molecule has 3 aliphatic rings. The highest BCUT2D eigenvalue weighted by Crippen LogP contribution is 2.63. The van der Waals surface area contributed by atoms with Crippen LogP contribution < -0.4 is 4.90 Å². The average molecular weight is 676 g/mol. The first-order chi connectivity index (χ1) is 26.0. The zero-order valence-corrected chi connectivity index (χ0v) is 29.8. The third-order valence-corrected chi connectivity index (χ3v) is 12.3. The van der Waals surface area contributed by atoms with Crippen LogP contribution in [0, 0.1) is 0 Å². The molecule has 0 fully saturated rings. The van der Waals surface area contributed by atoms with E-state index < -0.39 is 0 Å². The number of anilines is 3. The van der Waals surface area contributed by atoms with Crippen molar-refractivity contribution in [2.24, 2.45) is 0 Å². The summed E-state index contributed by atoms with van der Waals surface area (Å²) in [4.78, 5) is 2.41. The van der Waals surface area contributed by atoms with E-state index in [1.54, 1.807) is 0 Å². The van der Waals surface area contributed by atoms with Crippen molar-refractivity contribution in [1.29, 1.82) is 0 Å². The minimum atomic E-state index is -0.329. The van der Waals surface area contributed by atoms with E-state index in [-0.39, 0.29) is 10.8 Å². The summed E-state index contributed by atoms with van der Waals surface area (Å²) in [5.41, 5.74) is 21.7. The molecular formula is C52H37N. The smallest absolute Gasteiger partial charge is 0.0725 e. The Balaban J connectivity index is 1.06. The van der Waals surface area contributed by atoms with Gasteiger partial charge in [-0.15, -0.1) is 0 Å². The molecule has 0 N–H and O–H groups in total. The van der Waals surface area contributed by atoms with Crippen LogP contribution in [0.25, 0.3) is 44.5 Å². The summed E-state index contributed by atoms with van der Waals surface area (Å²) in [6, 6.07) is 70.0. The molecule has 53 heavy (non-hydrogen) atoms. The van der Waals surface area contributed by atoms with Crippen molar-refractivity contribution in [3.63, 3.8) is 0 Å². The molecule has 0 unspecified atom stereocenters. The van der Waals surface area contributed by atoms with Gasteiger partial charge in [-0.1, -0.05) is 159 Å². The van der Waals surface area contributed by atoms with Crippen molar-refractivity contribution in [3.8, 4) is 44.5 Å². The van der Waals surface area contributed by atoms with E-state index >= 15 is 0 Å². The van der Waals surface area contributed by atoms with E-state index in [2.05, 4.69) is 207 Å². The summed E-state index contributed by atoms with van der Waals surface area (Å²) in [5.74, 6) is 0. The normalized spacial score (nSPS) is 14.5. The van der Waals surface area contributed by atoms with Gasteiger partial charge in [-0.2, -0.15) is 0 Å². The Morgan fingerprint density at radius 1 is 0.302 bits per heavy atom. The van der Waals surface area contributed by atoms with Crippen LogP contribution in [0.2, 0.25) is 0 Å². The fraction of sp³-hybridized carbons (Fsp3) is 0.0769. The summed E-state index contributed by atoms with van der Waals surface area (Å²) in [5, 5.41) is 0. The first-order valence-corrected chi connectivity index (χ1v) is 18.7. The van der Waals surface area contributed by atoms with Gasteiger partial charge >= 0.3 is 0 Å². The first-order valence-electron chi connectivity index (χ1n) is 18.7. The Bertz CT molecular complexity index is 2720. The molecule has 0 aliphatic heterocycles. The van der Waals surface area contributed by atoms with Crippen molar-refractivity contribution >= 4 is 17.1 Å². The molecule has 8 aromatic carbocycles. The van der Waals surface area contributed by atoms with Crippen LogP contribution in [0.4, 0.5) is 17.1 Å². The van der Waals surface area contributed by atoms with E-state index in [0.29, 0.717) is 0 Å². The van der Waals surface area contributed by atoms with E-state index in [9.17, 15) is 0 Å². The topological polar surface area (TPSA) is 3.24 Å². The molecule has 0 saturated carbocycles. The number of hydrogen-bond donors (Lipinski definition) is 0. The largest absolute Gasteiger partial charge is 0.310 e. The van der Waals surface area contributed by atoms with Gasteiger partial charge in [-0.05, 0) is 120 Å². The molecule has 0 atom stereocenters. The lowest BCUT2D eigenvalue weighted by Gasteiger charge is -2.30. The van der Waals surface area contributed by atoms with E-state index in [0.717, 1.165) is 17.1 Å². The van der Waals surface area contributed by atoms with Gasteiger partial charge in [0.25, 0.3) is 0 Å². The number of hydrogen-bond acceptors (Lipinski definition) is 1. The minimum Gasteiger partial charge on any atom is -0.310 e. The van der Waals surface area contributed by atoms with Crippen molar-refractivity contribution in [3.05, 3.63) is 221 Å². The van der Waals surface area contributed by atoms with Crippen LogP contribution in [0.3, 0.4) is 0 Å². The highest BCUT2D eigenvalue weighted by atomic mass is 15.1. The van der Waals surface area contributed by atoms with Gasteiger partial charge in [0.1, 0.15) is 0 Å². The molecule has 0 heterocycles. The van der Waals surface area contributed by atoms with Crippen LogP contribution in [-0.2, 0) is 10.8 Å². The molecule has 11 rings (SSSR count). The molecule has 1 nitrogen and oxygen atoms in total. The summed E-state index contributed by atoms with van der Waals surface area (Å²) < 4.78 is 0. The number of rotatable bonds is 4.